The monoisotopic (exact) mass is 452 g/mol. The Balaban J connectivity index is 1.29. The predicted octanol–water partition coefficient (Wildman–Crippen LogP) is 4.99. The number of fused-ring (bicyclic) bond motifs is 3. The molecule has 1 aliphatic carbocycles. The number of benzene rings is 1. The molecule has 6 rings (SSSR count). The van der Waals surface area contributed by atoms with Crippen molar-refractivity contribution < 1.29 is 19.1 Å². The van der Waals surface area contributed by atoms with Gasteiger partial charge in [-0.3, -0.25) is 0 Å². The largest absolute Gasteiger partial charge is 0.454 e. The number of quaternary nitrogens is 1. The number of hydrogen-bond acceptors (Lipinski definition) is 4. The molecule has 0 unspecified atom stereocenters. The van der Waals surface area contributed by atoms with Crippen LogP contribution in [0.25, 0.3) is 6.08 Å². The molecule has 1 aromatic carbocycles. The van der Waals surface area contributed by atoms with Crippen molar-refractivity contribution in [3.05, 3.63) is 64.4 Å². The second-order valence-electron chi connectivity index (χ2n) is 9.97. The third kappa shape index (κ3) is 4.18. The fourth-order valence-corrected chi connectivity index (χ4v) is 7.01. The van der Waals surface area contributed by atoms with E-state index < -0.39 is 11.6 Å². The second kappa shape index (κ2) is 9.12. The van der Waals surface area contributed by atoms with Gasteiger partial charge in [0.2, 0.25) is 0 Å². The number of aliphatic hydroxyl groups is 1. The number of esters is 1. The van der Waals surface area contributed by atoms with Crippen LogP contribution in [0.2, 0.25) is 0 Å². The van der Waals surface area contributed by atoms with E-state index in [0.717, 1.165) is 74.1 Å². The average Bonchev–Trinajstić information content (AvgIpc) is 3.55. The van der Waals surface area contributed by atoms with Gasteiger partial charge in [0.25, 0.3) is 0 Å². The number of ether oxygens (including phenoxy) is 1. The quantitative estimate of drug-likeness (QED) is 0.475. The Labute approximate surface area is 195 Å². The number of carbonyl (C=O) groups excluding carboxylic acids is 1. The van der Waals surface area contributed by atoms with E-state index in [1.165, 1.54) is 16.9 Å². The summed E-state index contributed by atoms with van der Waals surface area (Å²) in [5, 5.41) is 13.6. The lowest BCUT2D eigenvalue weighted by Crippen LogP contribution is -2.65. The van der Waals surface area contributed by atoms with Crippen LogP contribution in [0.3, 0.4) is 0 Å². The molecule has 0 amide bonds. The molecule has 2 bridgehead atoms. The summed E-state index contributed by atoms with van der Waals surface area (Å²) in [6.07, 6.45) is 10.5. The topological polar surface area (TPSA) is 46.5 Å². The molecule has 2 aromatic rings. The van der Waals surface area contributed by atoms with Crippen LogP contribution in [0, 0.1) is 11.8 Å². The van der Waals surface area contributed by atoms with E-state index in [1.807, 2.05) is 23.6 Å². The molecule has 0 spiro atoms. The molecule has 0 radical (unpaired) electrons. The van der Waals surface area contributed by atoms with Crippen molar-refractivity contribution in [3.8, 4) is 0 Å². The Hall–Kier alpha value is -1.95. The van der Waals surface area contributed by atoms with Gasteiger partial charge >= 0.3 is 5.97 Å². The number of thiophene rings is 1. The molecule has 1 N–H and O–H groups in total. The van der Waals surface area contributed by atoms with Crippen molar-refractivity contribution in [2.75, 3.05) is 26.2 Å². The maximum atomic E-state index is 13.5. The predicted molar refractivity (Wildman–Crippen MR) is 128 cm³/mol. The number of carbonyl (C=O) groups is 1. The smallest absolute Gasteiger partial charge is 0.344 e. The molecule has 4 aliphatic rings. The first-order chi connectivity index (χ1) is 15.6. The molecule has 4 nitrogen and oxygen atoms in total. The summed E-state index contributed by atoms with van der Waals surface area (Å²) in [6.45, 7) is 4.12. The van der Waals surface area contributed by atoms with Gasteiger partial charge in [-0.05, 0) is 35.9 Å². The number of piperidine rings is 3. The van der Waals surface area contributed by atoms with Crippen LogP contribution in [0.1, 0.15) is 49.0 Å². The first kappa shape index (κ1) is 21.9. The van der Waals surface area contributed by atoms with Crippen LogP contribution in [0.15, 0.2) is 53.9 Å². The van der Waals surface area contributed by atoms with Crippen LogP contribution in [-0.2, 0) is 15.1 Å². The average molecular weight is 453 g/mol. The third-order valence-corrected chi connectivity index (χ3v) is 9.05. The lowest BCUT2D eigenvalue weighted by atomic mass is 9.82. The standard InChI is InChI=1S/C27H34NO3S/c29-26(27(30,23-11-4-5-12-23)25-13-7-19-32-25)31-24-20-28(17-14-22(24)15-18-28)16-6-10-21-8-2-1-3-9-21/h1-3,6-10,13,19,22-24,30H,4-5,11-12,14-18,20H2/q+1/b10-6+/t22?,24-,27-,28?/m0/s1. The number of hydrogen-bond donors (Lipinski definition) is 1. The lowest BCUT2D eigenvalue weighted by molar-refractivity contribution is -0.941. The first-order valence-corrected chi connectivity index (χ1v) is 13.0. The molecule has 1 aromatic heterocycles. The van der Waals surface area contributed by atoms with Gasteiger partial charge < -0.3 is 14.3 Å². The minimum Gasteiger partial charge on any atom is -0.454 e. The highest BCUT2D eigenvalue weighted by Crippen LogP contribution is 2.44. The van der Waals surface area contributed by atoms with E-state index in [1.54, 1.807) is 0 Å². The van der Waals surface area contributed by atoms with Crippen LogP contribution < -0.4 is 0 Å². The Kier molecular flexibility index (Phi) is 6.24. The molecule has 3 aliphatic heterocycles. The second-order valence-corrected chi connectivity index (χ2v) is 10.9. The molecule has 170 valence electrons. The van der Waals surface area contributed by atoms with Gasteiger partial charge in [-0.2, -0.15) is 0 Å². The summed E-state index contributed by atoms with van der Waals surface area (Å²) >= 11 is 1.47. The van der Waals surface area contributed by atoms with Gasteiger partial charge in [0.1, 0.15) is 6.54 Å². The van der Waals surface area contributed by atoms with Crippen molar-refractivity contribution in [1.29, 1.82) is 0 Å². The molecule has 4 heterocycles. The van der Waals surface area contributed by atoms with Gasteiger partial charge in [0.15, 0.2) is 11.7 Å². The van der Waals surface area contributed by atoms with Crippen molar-refractivity contribution in [1.82, 2.24) is 0 Å². The van der Waals surface area contributed by atoms with E-state index >= 15 is 0 Å². The summed E-state index contributed by atoms with van der Waals surface area (Å²) in [6, 6.07) is 14.2. The molecule has 5 heteroatoms. The van der Waals surface area contributed by atoms with E-state index in [4.69, 9.17) is 4.74 Å². The van der Waals surface area contributed by atoms with Crippen molar-refractivity contribution >= 4 is 23.4 Å². The zero-order chi connectivity index (χ0) is 22.0. The zero-order valence-electron chi connectivity index (χ0n) is 18.7. The van der Waals surface area contributed by atoms with Crippen molar-refractivity contribution in [3.63, 3.8) is 0 Å². The van der Waals surface area contributed by atoms with Gasteiger partial charge in [0, 0.05) is 29.6 Å². The van der Waals surface area contributed by atoms with E-state index in [9.17, 15) is 9.90 Å². The molecule has 32 heavy (non-hydrogen) atoms. The maximum absolute atomic E-state index is 13.5. The Bertz CT molecular complexity index is 927. The maximum Gasteiger partial charge on any atom is 0.344 e. The molecule has 2 atom stereocenters. The number of rotatable bonds is 7. The minimum absolute atomic E-state index is 0.0355. The fraction of sp³-hybridized carbons (Fsp3) is 0.519. The molecule has 4 fully saturated rings. The van der Waals surface area contributed by atoms with E-state index in [0.29, 0.717) is 5.92 Å². The summed E-state index contributed by atoms with van der Waals surface area (Å²) in [7, 11) is 0. The van der Waals surface area contributed by atoms with E-state index in [2.05, 4.69) is 36.4 Å². The van der Waals surface area contributed by atoms with Gasteiger partial charge in [0.05, 0.1) is 19.6 Å². The van der Waals surface area contributed by atoms with Gasteiger partial charge in [-0.1, -0.05) is 55.3 Å². The molecule has 3 saturated heterocycles. The van der Waals surface area contributed by atoms with Gasteiger partial charge in [-0.25, -0.2) is 4.79 Å². The third-order valence-electron chi connectivity index (χ3n) is 8.06. The Morgan fingerprint density at radius 1 is 1.09 bits per heavy atom. The summed E-state index contributed by atoms with van der Waals surface area (Å²) in [5.41, 5.74) is -0.271. The fourth-order valence-electron chi connectivity index (χ4n) is 6.12. The summed E-state index contributed by atoms with van der Waals surface area (Å²) in [5.74, 6) is -0.0246. The van der Waals surface area contributed by atoms with Crippen molar-refractivity contribution in [2.45, 2.75) is 50.2 Å². The normalized spacial score (nSPS) is 29.9. The molecule has 1 saturated carbocycles. The van der Waals surface area contributed by atoms with Crippen LogP contribution >= 0.6 is 11.3 Å². The van der Waals surface area contributed by atoms with Gasteiger partial charge in [-0.15, -0.1) is 11.3 Å². The first-order valence-electron chi connectivity index (χ1n) is 12.1. The summed E-state index contributed by atoms with van der Waals surface area (Å²) in [4.78, 5) is 14.3. The van der Waals surface area contributed by atoms with Crippen LogP contribution in [0.4, 0.5) is 0 Å². The SMILES string of the molecule is O=C(O[C@H]1C[N+]2(C/C=C/c3ccccc3)CCC1CC2)[C@@](O)(c1cccs1)C1CCCC1. The van der Waals surface area contributed by atoms with Crippen LogP contribution in [0.5, 0.6) is 0 Å². The summed E-state index contributed by atoms with van der Waals surface area (Å²) < 4.78 is 7.18. The highest BCUT2D eigenvalue weighted by atomic mass is 32.1. The highest BCUT2D eigenvalue weighted by Gasteiger charge is 2.52. The highest BCUT2D eigenvalue weighted by molar-refractivity contribution is 7.10. The van der Waals surface area contributed by atoms with Crippen molar-refractivity contribution in [2.24, 2.45) is 11.8 Å². The Morgan fingerprint density at radius 3 is 2.53 bits per heavy atom. The minimum atomic E-state index is -1.49. The van der Waals surface area contributed by atoms with E-state index in [-0.39, 0.29) is 12.0 Å². The lowest BCUT2D eigenvalue weighted by Gasteiger charge is -2.52. The molecular weight excluding hydrogens is 418 g/mol. The zero-order valence-corrected chi connectivity index (χ0v) is 19.5. The molecular formula is C27H34NO3S+. The Morgan fingerprint density at radius 2 is 1.84 bits per heavy atom. The number of nitrogens with zero attached hydrogens (tertiary/aromatic N) is 1. The van der Waals surface area contributed by atoms with Crippen LogP contribution in [-0.4, -0.2) is 47.8 Å².